The predicted octanol–water partition coefficient (Wildman–Crippen LogP) is 7.09. The van der Waals surface area contributed by atoms with Gasteiger partial charge in [0.05, 0.1) is 11.4 Å². The van der Waals surface area contributed by atoms with Crippen LogP contribution in [0.15, 0.2) is 121 Å². The molecule has 0 N–H and O–H groups in total. The normalized spacial score (nSPS) is 13.9. The number of nitrogens with zero attached hydrogens (tertiary/aromatic N) is 3. The van der Waals surface area contributed by atoms with Crippen LogP contribution in [0.5, 0.6) is 0 Å². The maximum atomic E-state index is 13.9. The number of anilines is 2. The summed E-state index contributed by atoms with van der Waals surface area (Å²) in [6.07, 6.45) is 3.65. The highest BCUT2D eigenvalue weighted by atomic mass is 35.5. The molecule has 5 nitrogen and oxygen atoms in total. The molecule has 1 aliphatic rings. The summed E-state index contributed by atoms with van der Waals surface area (Å²) in [6, 6.07) is 33.9. The fourth-order valence-corrected chi connectivity index (χ4v) is 5.30. The van der Waals surface area contributed by atoms with Crippen molar-refractivity contribution < 1.29 is 9.59 Å². The van der Waals surface area contributed by atoms with E-state index in [-0.39, 0.29) is 10.7 Å². The Morgan fingerprint density at radius 2 is 1.23 bits per heavy atom. The van der Waals surface area contributed by atoms with Gasteiger partial charge in [-0.2, -0.15) is 0 Å². The Hall–Kier alpha value is -4.52. The first-order valence-electron chi connectivity index (χ1n) is 12.4. The highest BCUT2D eigenvalue weighted by molar-refractivity contribution is 7.81. The van der Waals surface area contributed by atoms with Crippen molar-refractivity contribution in [3.8, 4) is 0 Å². The van der Waals surface area contributed by atoms with E-state index in [4.69, 9.17) is 23.8 Å². The first-order chi connectivity index (χ1) is 19.0. The van der Waals surface area contributed by atoms with Crippen LogP contribution in [0, 0.1) is 0 Å². The summed E-state index contributed by atoms with van der Waals surface area (Å²) in [5, 5.41) is 1.73. The molecule has 0 spiro atoms. The van der Waals surface area contributed by atoms with Gasteiger partial charge in [0, 0.05) is 34.2 Å². The summed E-state index contributed by atoms with van der Waals surface area (Å²) in [7, 11) is 0. The molecule has 39 heavy (non-hydrogen) atoms. The lowest BCUT2D eigenvalue weighted by atomic mass is 10.0. The van der Waals surface area contributed by atoms with E-state index in [0.717, 1.165) is 22.0 Å². The number of benzene rings is 4. The Morgan fingerprint density at radius 1 is 0.692 bits per heavy atom. The first kappa shape index (κ1) is 24.8. The van der Waals surface area contributed by atoms with Crippen molar-refractivity contribution in [3.05, 3.63) is 137 Å². The van der Waals surface area contributed by atoms with Crippen LogP contribution in [-0.4, -0.2) is 21.5 Å². The third-order valence-corrected chi connectivity index (χ3v) is 7.28. The third-order valence-electron chi connectivity index (χ3n) is 6.66. The van der Waals surface area contributed by atoms with Crippen molar-refractivity contribution in [2.45, 2.75) is 6.54 Å². The molecule has 5 aromatic rings. The second-order valence-corrected chi connectivity index (χ2v) is 9.95. The Balaban J connectivity index is 1.48. The standard InChI is InChI=1S/C32H22ClN3O2S/c33-24-17-15-22(16-18-24)20-34-21-23(27-13-7-8-14-29(27)34)19-28-30(37)35(25-9-3-1-4-10-25)32(39)36(31(28)38)26-11-5-2-6-12-26/h1-19,21H,20H2. The maximum absolute atomic E-state index is 13.9. The van der Waals surface area contributed by atoms with Gasteiger partial charge in [0.25, 0.3) is 11.8 Å². The number of halogens is 1. The predicted molar refractivity (Wildman–Crippen MR) is 161 cm³/mol. The molecule has 1 saturated heterocycles. The summed E-state index contributed by atoms with van der Waals surface area (Å²) < 4.78 is 2.11. The zero-order valence-corrected chi connectivity index (χ0v) is 22.3. The number of fused-ring (bicyclic) bond motifs is 1. The number of rotatable bonds is 5. The van der Waals surface area contributed by atoms with Gasteiger partial charge in [-0.3, -0.25) is 19.4 Å². The molecule has 0 unspecified atom stereocenters. The second kappa shape index (κ2) is 10.3. The van der Waals surface area contributed by atoms with E-state index in [9.17, 15) is 9.59 Å². The van der Waals surface area contributed by atoms with Crippen LogP contribution in [0.1, 0.15) is 11.1 Å². The second-order valence-electron chi connectivity index (χ2n) is 9.15. The minimum absolute atomic E-state index is 0.0331. The molecule has 190 valence electrons. The number of hydrogen-bond donors (Lipinski definition) is 0. The number of aromatic nitrogens is 1. The number of hydrogen-bond acceptors (Lipinski definition) is 3. The number of carbonyl (C=O) groups excluding carboxylic acids is 2. The van der Waals surface area contributed by atoms with Crippen molar-refractivity contribution in [1.82, 2.24) is 4.57 Å². The molecule has 0 aliphatic carbocycles. The fourth-order valence-electron chi connectivity index (χ4n) is 4.80. The van der Waals surface area contributed by atoms with Gasteiger partial charge in [-0.1, -0.05) is 78.3 Å². The zero-order chi connectivity index (χ0) is 26.9. The molecule has 1 aliphatic heterocycles. The molecule has 1 aromatic heterocycles. The monoisotopic (exact) mass is 547 g/mol. The van der Waals surface area contributed by atoms with Crippen molar-refractivity contribution in [1.29, 1.82) is 0 Å². The summed E-state index contributed by atoms with van der Waals surface area (Å²) in [6.45, 7) is 0.610. The summed E-state index contributed by atoms with van der Waals surface area (Å²) in [5.74, 6) is -0.921. The smallest absolute Gasteiger partial charge is 0.270 e. The number of carbonyl (C=O) groups is 2. The van der Waals surface area contributed by atoms with Gasteiger partial charge >= 0.3 is 0 Å². The molecule has 0 saturated carbocycles. The van der Waals surface area contributed by atoms with E-state index in [1.807, 2.05) is 91.1 Å². The van der Waals surface area contributed by atoms with E-state index < -0.39 is 11.8 Å². The SMILES string of the molecule is O=C1C(=Cc2cn(Cc3ccc(Cl)cc3)c3ccccc23)C(=O)N(c2ccccc2)C(=S)N1c1ccccc1. The van der Waals surface area contributed by atoms with E-state index in [0.29, 0.717) is 22.9 Å². The Kier molecular flexibility index (Phi) is 6.57. The quantitative estimate of drug-likeness (QED) is 0.134. The van der Waals surface area contributed by atoms with Crippen LogP contribution in [-0.2, 0) is 16.1 Å². The van der Waals surface area contributed by atoms with Gasteiger partial charge in [0.2, 0.25) is 0 Å². The van der Waals surface area contributed by atoms with Gasteiger partial charge in [0.15, 0.2) is 5.11 Å². The van der Waals surface area contributed by atoms with Gasteiger partial charge in [0.1, 0.15) is 5.57 Å². The summed E-state index contributed by atoms with van der Waals surface area (Å²) in [5.41, 5.74) is 4.06. The van der Waals surface area contributed by atoms with Crippen LogP contribution in [0.2, 0.25) is 5.02 Å². The Bertz CT molecular complexity index is 1680. The topological polar surface area (TPSA) is 45.6 Å². The van der Waals surface area contributed by atoms with Crippen molar-refractivity contribution in [2.75, 3.05) is 9.80 Å². The first-order valence-corrected chi connectivity index (χ1v) is 13.2. The van der Waals surface area contributed by atoms with Gasteiger partial charge in [-0.15, -0.1) is 0 Å². The van der Waals surface area contributed by atoms with Crippen LogP contribution < -0.4 is 9.80 Å². The average Bonchev–Trinajstić information content (AvgIpc) is 3.30. The molecular weight excluding hydrogens is 526 g/mol. The molecule has 2 amide bonds. The van der Waals surface area contributed by atoms with Crippen molar-refractivity contribution >= 4 is 69.1 Å². The Morgan fingerprint density at radius 3 is 1.82 bits per heavy atom. The third kappa shape index (κ3) is 4.65. The molecule has 4 aromatic carbocycles. The van der Waals surface area contributed by atoms with Gasteiger partial charge < -0.3 is 4.57 Å². The fraction of sp³-hybridized carbons (Fsp3) is 0.0312. The lowest BCUT2D eigenvalue weighted by Crippen LogP contribution is -2.56. The molecule has 7 heteroatoms. The van der Waals surface area contributed by atoms with E-state index in [1.165, 1.54) is 9.80 Å². The average molecular weight is 548 g/mol. The van der Waals surface area contributed by atoms with Crippen molar-refractivity contribution in [3.63, 3.8) is 0 Å². The maximum Gasteiger partial charge on any atom is 0.270 e. The van der Waals surface area contributed by atoms with E-state index in [2.05, 4.69) is 4.57 Å². The minimum atomic E-state index is -0.460. The lowest BCUT2D eigenvalue weighted by molar-refractivity contribution is -0.120. The Labute approximate surface area is 236 Å². The summed E-state index contributed by atoms with van der Waals surface area (Å²) >= 11 is 11.8. The lowest BCUT2D eigenvalue weighted by Gasteiger charge is -2.36. The molecule has 0 bridgehead atoms. The molecular formula is C32H22ClN3O2S. The van der Waals surface area contributed by atoms with Crippen LogP contribution in [0.3, 0.4) is 0 Å². The number of amides is 2. The highest BCUT2D eigenvalue weighted by Crippen LogP contribution is 2.31. The van der Waals surface area contributed by atoms with Crippen LogP contribution in [0.25, 0.3) is 17.0 Å². The molecule has 1 fully saturated rings. The molecule has 2 heterocycles. The molecule has 0 radical (unpaired) electrons. The largest absolute Gasteiger partial charge is 0.342 e. The van der Waals surface area contributed by atoms with Crippen LogP contribution in [0.4, 0.5) is 11.4 Å². The summed E-state index contributed by atoms with van der Waals surface area (Å²) in [4.78, 5) is 30.6. The van der Waals surface area contributed by atoms with E-state index in [1.54, 1.807) is 30.3 Å². The van der Waals surface area contributed by atoms with Gasteiger partial charge in [-0.05, 0) is 66.3 Å². The van der Waals surface area contributed by atoms with E-state index >= 15 is 0 Å². The minimum Gasteiger partial charge on any atom is -0.342 e. The molecule has 0 atom stereocenters. The van der Waals surface area contributed by atoms with Crippen molar-refractivity contribution in [2.24, 2.45) is 0 Å². The number of para-hydroxylation sites is 3. The van der Waals surface area contributed by atoms with Crippen LogP contribution >= 0.6 is 23.8 Å². The molecule has 6 rings (SSSR count). The number of thiocarbonyl (C=S) groups is 1. The highest BCUT2D eigenvalue weighted by Gasteiger charge is 2.41. The van der Waals surface area contributed by atoms with Gasteiger partial charge in [-0.25, -0.2) is 0 Å². The zero-order valence-electron chi connectivity index (χ0n) is 20.7.